The molecule has 1 heterocycles. The maximum atomic E-state index is 13.1. The van der Waals surface area contributed by atoms with Crippen molar-refractivity contribution in [1.82, 2.24) is 0 Å². The first-order valence-electron chi connectivity index (χ1n) is 10.0. The van der Waals surface area contributed by atoms with Gasteiger partial charge < -0.3 is 10.4 Å². The van der Waals surface area contributed by atoms with Crippen LogP contribution in [0.15, 0.2) is 59.9 Å². The van der Waals surface area contributed by atoms with E-state index in [1.165, 1.54) is 11.8 Å². The van der Waals surface area contributed by atoms with Gasteiger partial charge in [-0.15, -0.1) is 0 Å². The Labute approximate surface area is 176 Å². The molecule has 0 bridgehead atoms. The Morgan fingerprint density at radius 3 is 2.37 bits per heavy atom. The fourth-order valence-corrected chi connectivity index (χ4v) is 3.62. The number of rotatable bonds is 6. The summed E-state index contributed by atoms with van der Waals surface area (Å²) in [6, 6.07) is 13.7. The second-order valence-electron chi connectivity index (χ2n) is 7.69. The monoisotopic (exact) mass is 406 g/mol. The minimum atomic E-state index is -0.745. The van der Waals surface area contributed by atoms with Crippen LogP contribution in [-0.4, -0.2) is 22.7 Å². The number of carbonyl (C=O) groups is 3. The quantitative estimate of drug-likeness (QED) is 0.747. The van der Waals surface area contributed by atoms with Gasteiger partial charge in [0.1, 0.15) is 0 Å². The van der Waals surface area contributed by atoms with Crippen molar-refractivity contribution in [3.63, 3.8) is 0 Å². The topological polar surface area (TPSA) is 86.7 Å². The maximum Gasteiger partial charge on any atom is 0.294 e. The van der Waals surface area contributed by atoms with Gasteiger partial charge in [-0.3, -0.25) is 19.3 Å². The lowest BCUT2D eigenvalue weighted by atomic mass is 9.90. The van der Waals surface area contributed by atoms with E-state index in [0.29, 0.717) is 11.4 Å². The molecule has 2 N–H and O–H groups in total. The SMILES string of the molecule is CCc1ccc(C2C(C(=O)C(C)C)=C(O)C(=O)N2c2cccc(NC(C)=O)c2)cc1. The number of nitrogens with zero attached hydrogens (tertiary/aromatic N) is 1. The average molecular weight is 406 g/mol. The number of carbonyl (C=O) groups excluding carboxylic acids is 3. The molecule has 0 aromatic heterocycles. The van der Waals surface area contributed by atoms with E-state index in [4.69, 9.17) is 0 Å². The molecule has 156 valence electrons. The third-order valence-corrected chi connectivity index (χ3v) is 5.15. The first-order chi connectivity index (χ1) is 14.2. The lowest BCUT2D eigenvalue weighted by molar-refractivity contribution is -0.119. The van der Waals surface area contributed by atoms with Crippen LogP contribution < -0.4 is 10.2 Å². The largest absolute Gasteiger partial charge is 0.503 e. The number of aliphatic hydroxyl groups is 1. The van der Waals surface area contributed by atoms with Gasteiger partial charge in [0.2, 0.25) is 5.91 Å². The highest BCUT2D eigenvalue weighted by Crippen LogP contribution is 2.42. The third-order valence-electron chi connectivity index (χ3n) is 5.15. The van der Waals surface area contributed by atoms with Crippen molar-refractivity contribution in [3.8, 4) is 0 Å². The summed E-state index contributed by atoms with van der Waals surface area (Å²) in [7, 11) is 0. The van der Waals surface area contributed by atoms with Gasteiger partial charge in [0.15, 0.2) is 11.5 Å². The minimum absolute atomic E-state index is 0.101. The Kier molecular flexibility index (Phi) is 6.06. The van der Waals surface area contributed by atoms with E-state index in [2.05, 4.69) is 5.32 Å². The van der Waals surface area contributed by atoms with Crippen LogP contribution in [0.5, 0.6) is 0 Å². The molecule has 1 aliphatic rings. The number of ketones is 1. The highest BCUT2D eigenvalue weighted by molar-refractivity contribution is 6.17. The van der Waals surface area contributed by atoms with Crippen LogP contribution in [0.2, 0.25) is 0 Å². The summed E-state index contributed by atoms with van der Waals surface area (Å²) in [5.41, 5.74) is 2.97. The summed E-state index contributed by atoms with van der Waals surface area (Å²) >= 11 is 0. The van der Waals surface area contributed by atoms with Crippen molar-refractivity contribution in [2.45, 2.75) is 40.2 Å². The Hall–Kier alpha value is -3.41. The van der Waals surface area contributed by atoms with Crippen molar-refractivity contribution < 1.29 is 19.5 Å². The number of hydrogen-bond acceptors (Lipinski definition) is 4. The smallest absolute Gasteiger partial charge is 0.294 e. The summed E-state index contributed by atoms with van der Waals surface area (Å²) < 4.78 is 0. The average Bonchev–Trinajstić information content (AvgIpc) is 2.98. The van der Waals surface area contributed by atoms with Crippen LogP contribution in [0.4, 0.5) is 11.4 Å². The number of aryl methyl sites for hydroxylation is 1. The molecule has 30 heavy (non-hydrogen) atoms. The molecule has 0 saturated carbocycles. The Morgan fingerprint density at radius 2 is 1.80 bits per heavy atom. The number of amides is 2. The molecule has 2 aromatic carbocycles. The van der Waals surface area contributed by atoms with Gasteiger partial charge in [-0.25, -0.2) is 0 Å². The van der Waals surface area contributed by atoms with E-state index in [-0.39, 0.29) is 23.2 Å². The van der Waals surface area contributed by atoms with Crippen LogP contribution in [0.3, 0.4) is 0 Å². The Balaban J connectivity index is 2.14. The van der Waals surface area contributed by atoms with E-state index in [0.717, 1.165) is 17.5 Å². The van der Waals surface area contributed by atoms with E-state index in [9.17, 15) is 19.5 Å². The van der Waals surface area contributed by atoms with E-state index in [1.54, 1.807) is 38.1 Å². The van der Waals surface area contributed by atoms with E-state index < -0.39 is 17.7 Å². The predicted molar refractivity (Wildman–Crippen MR) is 116 cm³/mol. The van der Waals surface area contributed by atoms with E-state index >= 15 is 0 Å². The number of hydrogen-bond donors (Lipinski definition) is 2. The van der Waals surface area contributed by atoms with Crippen molar-refractivity contribution in [2.75, 3.05) is 10.2 Å². The molecule has 1 unspecified atom stereocenters. The van der Waals surface area contributed by atoms with Crippen LogP contribution in [-0.2, 0) is 20.8 Å². The van der Waals surface area contributed by atoms with Gasteiger partial charge in [0, 0.05) is 24.2 Å². The second-order valence-corrected chi connectivity index (χ2v) is 7.69. The normalized spacial score (nSPS) is 16.4. The fourth-order valence-electron chi connectivity index (χ4n) is 3.62. The third kappa shape index (κ3) is 3.99. The van der Waals surface area contributed by atoms with Crippen molar-refractivity contribution >= 4 is 29.0 Å². The zero-order valence-corrected chi connectivity index (χ0v) is 17.6. The molecule has 6 nitrogen and oxygen atoms in total. The Bertz CT molecular complexity index is 1020. The molecule has 0 saturated heterocycles. The summed E-state index contributed by atoms with van der Waals surface area (Å²) in [5, 5.41) is 13.4. The Morgan fingerprint density at radius 1 is 1.13 bits per heavy atom. The zero-order chi connectivity index (χ0) is 22.0. The fraction of sp³-hybridized carbons (Fsp3) is 0.292. The van der Waals surface area contributed by atoms with E-state index in [1.807, 2.05) is 31.2 Å². The molecule has 0 spiro atoms. The summed E-state index contributed by atoms with van der Waals surface area (Å²) in [6.45, 7) is 6.93. The molecule has 3 rings (SSSR count). The first-order valence-corrected chi connectivity index (χ1v) is 10.0. The highest BCUT2D eigenvalue weighted by Gasteiger charge is 2.44. The number of anilines is 2. The number of aliphatic hydroxyl groups excluding tert-OH is 1. The second kappa shape index (κ2) is 8.53. The highest BCUT2D eigenvalue weighted by atomic mass is 16.3. The molecule has 2 amide bonds. The van der Waals surface area contributed by atoms with Gasteiger partial charge in [0.05, 0.1) is 11.6 Å². The molecule has 0 fully saturated rings. The van der Waals surface area contributed by atoms with Gasteiger partial charge in [-0.05, 0) is 35.7 Å². The van der Waals surface area contributed by atoms with Crippen molar-refractivity contribution in [1.29, 1.82) is 0 Å². The van der Waals surface area contributed by atoms with Crippen LogP contribution in [0.1, 0.15) is 44.9 Å². The summed E-state index contributed by atoms with van der Waals surface area (Å²) in [5.74, 6) is -2.04. The molecule has 6 heteroatoms. The molecular weight excluding hydrogens is 380 g/mol. The molecule has 2 aromatic rings. The van der Waals surface area contributed by atoms with Gasteiger partial charge >= 0.3 is 0 Å². The molecule has 1 atom stereocenters. The van der Waals surface area contributed by atoms with Gasteiger partial charge in [0.25, 0.3) is 5.91 Å². The summed E-state index contributed by atoms with van der Waals surface area (Å²) in [6.07, 6.45) is 0.866. The van der Waals surface area contributed by atoms with Gasteiger partial charge in [-0.2, -0.15) is 0 Å². The van der Waals surface area contributed by atoms with Crippen LogP contribution >= 0.6 is 0 Å². The summed E-state index contributed by atoms with van der Waals surface area (Å²) in [4.78, 5) is 38.9. The number of nitrogens with one attached hydrogen (secondary N) is 1. The minimum Gasteiger partial charge on any atom is -0.503 e. The van der Waals surface area contributed by atoms with Crippen molar-refractivity contribution in [2.24, 2.45) is 5.92 Å². The number of benzene rings is 2. The molecule has 0 radical (unpaired) electrons. The number of Topliss-reactive ketones (excluding diaryl/α,β-unsaturated/α-hetero) is 1. The van der Waals surface area contributed by atoms with Crippen LogP contribution in [0, 0.1) is 5.92 Å². The predicted octanol–water partition coefficient (Wildman–Crippen LogP) is 4.33. The lowest BCUT2D eigenvalue weighted by Crippen LogP contribution is -2.31. The molecular formula is C24H26N2O4. The first kappa shape index (κ1) is 21.3. The molecule has 0 aliphatic carbocycles. The molecule has 1 aliphatic heterocycles. The maximum absolute atomic E-state index is 13.1. The lowest BCUT2D eigenvalue weighted by Gasteiger charge is -2.28. The zero-order valence-electron chi connectivity index (χ0n) is 17.6. The van der Waals surface area contributed by atoms with Crippen molar-refractivity contribution in [3.05, 3.63) is 71.0 Å². The van der Waals surface area contributed by atoms with Gasteiger partial charge in [-0.1, -0.05) is 51.1 Å². The van der Waals surface area contributed by atoms with Crippen LogP contribution in [0.25, 0.3) is 0 Å². The standard InChI is InChI=1S/C24H26N2O4/c1-5-16-9-11-17(12-10-16)21-20(22(28)14(2)3)23(29)24(30)26(21)19-8-6-7-18(13-19)25-15(4)27/h6-14,21,29H,5H2,1-4H3,(H,25,27).